The number of hydrogen-bond acceptors (Lipinski definition) is 6. The lowest BCUT2D eigenvalue weighted by Gasteiger charge is -2.27. The van der Waals surface area contributed by atoms with E-state index in [2.05, 4.69) is 15.3 Å². The van der Waals surface area contributed by atoms with Gasteiger partial charge in [0.1, 0.15) is 16.9 Å². The van der Waals surface area contributed by atoms with Gasteiger partial charge in [-0.25, -0.2) is 19.7 Å². The van der Waals surface area contributed by atoms with Crippen molar-refractivity contribution in [1.29, 1.82) is 0 Å². The standard InChI is InChI=1S/C19H16N4O4S/c24-18-22-13-10-28(19(25)26)17-16(13)14(7-8-20-17)23(18)15-6-1-3-11(21-15)9-27-12-4-2-5-12/h1,3,6-8,10,12H,2,4-5,9H2,(H-,22,24,25,26). The number of carbonyl (C=O) groups excluding carboxylic acids is 2. The third-order valence-corrected chi connectivity index (χ3v) is 6.57. The van der Waals surface area contributed by atoms with Crippen molar-refractivity contribution in [1.82, 2.24) is 9.97 Å². The molecule has 1 fully saturated rings. The molecule has 2 aliphatic rings. The van der Waals surface area contributed by atoms with E-state index in [1.807, 2.05) is 12.1 Å². The Morgan fingerprint density at radius 2 is 2.21 bits per heavy atom. The van der Waals surface area contributed by atoms with E-state index in [1.165, 1.54) is 22.9 Å². The van der Waals surface area contributed by atoms with E-state index in [4.69, 9.17) is 4.74 Å². The smallest absolute Gasteiger partial charge is 0.332 e. The monoisotopic (exact) mass is 396 g/mol. The van der Waals surface area contributed by atoms with Crippen molar-refractivity contribution in [2.75, 3.05) is 10.2 Å². The van der Waals surface area contributed by atoms with Gasteiger partial charge in [0.2, 0.25) is 0 Å². The first-order chi connectivity index (χ1) is 13.6. The molecule has 0 spiro atoms. The number of ether oxygens (including phenoxy) is 1. The van der Waals surface area contributed by atoms with Gasteiger partial charge in [-0.2, -0.15) is 0 Å². The molecule has 3 aromatic heterocycles. The van der Waals surface area contributed by atoms with Crippen LogP contribution in [-0.4, -0.2) is 27.4 Å². The number of rotatable bonds is 5. The van der Waals surface area contributed by atoms with Crippen LogP contribution in [0, 0.1) is 0 Å². The van der Waals surface area contributed by atoms with Crippen molar-refractivity contribution in [2.45, 2.75) is 32.0 Å². The first kappa shape index (κ1) is 17.1. The molecule has 28 heavy (non-hydrogen) atoms. The first-order valence-electron chi connectivity index (χ1n) is 8.96. The van der Waals surface area contributed by atoms with Crippen LogP contribution in [0.3, 0.4) is 0 Å². The molecule has 3 aromatic rings. The van der Waals surface area contributed by atoms with Gasteiger partial charge in [-0.15, -0.1) is 0 Å². The van der Waals surface area contributed by atoms with Crippen molar-refractivity contribution in [3.05, 3.63) is 41.5 Å². The van der Waals surface area contributed by atoms with E-state index in [9.17, 15) is 14.7 Å². The lowest BCUT2D eigenvalue weighted by Crippen LogP contribution is -2.34. The molecule has 0 bridgehead atoms. The molecule has 1 N–H and O–H groups in total. The highest BCUT2D eigenvalue weighted by atomic mass is 32.2. The molecule has 1 atom stereocenters. The van der Waals surface area contributed by atoms with Crippen LogP contribution in [0.2, 0.25) is 0 Å². The zero-order valence-electron chi connectivity index (χ0n) is 14.8. The molecule has 9 heteroatoms. The predicted molar refractivity (Wildman–Crippen MR) is 103 cm³/mol. The topological polar surface area (TPSA) is 107 Å². The summed E-state index contributed by atoms with van der Waals surface area (Å²) < 4.78 is 5.82. The van der Waals surface area contributed by atoms with Crippen molar-refractivity contribution in [2.24, 2.45) is 0 Å². The van der Waals surface area contributed by atoms with E-state index >= 15 is 0 Å². The summed E-state index contributed by atoms with van der Waals surface area (Å²) in [4.78, 5) is 34.9. The van der Waals surface area contributed by atoms with Gasteiger partial charge in [0.05, 0.1) is 34.6 Å². The number of aromatic nitrogens is 2. The van der Waals surface area contributed by atoms with E-state index < -0.39 is 21.8 Å². The quantitative estimate of drug-likeness (QED) is 0.663. The Morgan fingerprint density at radius 1 is 1.36 bits per heavy atom. The molecule has 4 heterocycles. The van der Waals surface area contributed by atoms with Gasteiger partial charge in [-0.05, 0) is 37.5 Å². The van der Waals surface area contributed by atoms with Gasteiger partial charge in [-0.1, -0.05) is 6.07 Å². The van der Waals surface area contributed by atoms with Crippen molar-refractivity contribution < 1.29 is 19.4 Å². The minimum absolute atomic E-state index is 0.294. The minimum Gasteiger partial charge on any atom is -0.500 e. The number of thiophene rings is 1. The largest absolute Gasteiger partial charge is 0.500 e. The fourth-order valence-corrected chi connectivity index (χ4v) is 4.80. The van der Waals surface area contributed by atoms with Crippen LogP contribution in [-0.2, 0) is 11.3 Å². The Hall–Kier alpha value is -3.04. The van der Waals surface area contributed by atoms with Crippen molar-refractivity contribution in [3.8, 4) is 0 Å². The number of hydrogen-bond donors (Lipinski definition) is 1. The third kappa shape index (κ3) is 2.71. The van der Waals surface area contributed by atoms with E-state index in [-0.39, 0.29) is 0 Å². The highest BCUT2D eigenvalue weighted by molar-refractivity contribution is 7.54. The Kier molecular flexibility index (Phi) is 3.99. The number of urea groups is 1. The number of pyridine rings is 2. The minimum atomic E-state index is -1.30. The first-order valence-corrected chi connectivity index (χ1v) is 10.2. The van der Waals surface area contributed by atoms with E-state index in [0.717, 1.165) is 18.5 Å². The molecular weight excluding hydrogens is 380 g/mol. The Bertz CT molecular complexity index is 1110. The highest BCUT2D eigenvalue weighted by Crippen LogP contribution is 2.46. The molecule has 5 rings (SSSR count). The lowest BCUT2D eigenvalue weighted by molar-refractivity contribution is -0.233. The molecule has 2 amide bonds. The average Bonchev–Trinajstić information content (AvgIpc) is 3.01. The number of nitrogens with zero attached hydrogens (tertiary/aromatic N) is 3. The second-order valence-electron chi connectivity index (χ2n) is 6.75. The van der Waals surface area contributed by atoms with E-state index in [1.54, 1.807) is 12.1 Å². The molecule has 0 saturated heterocycles. The summed E-state index contributed by atoms with van der Waals surface area (Å²) in [5.41, 5.74) is 1.75. The molecule has 1 aliphatic carbocycles. The second-order valence-corrected chi connectivity index (χ2v) is 8.38. The van der Waals surface area contributed by atoms with Crippen LogP contribution in [0.5, 0.6) is 0 Å². The summed E-state index contributed by atoms with van der Waals surface area (Å²) >= 11 is 0. The van der Waals surface area contributed by atoms with Gasteiger partial charge < -0.3 is 20.0 Å². The fourth-order valence-electron chi connectivity index (χ4n) is 3.41. The SMILES string of the molecule is O=C1Nc2c[s+](C(=O)[O-])c3nccc(c23)N1c1cccc(COC2CCC2)n1. The zero-order valence-corrected chi connectivity index (χ0v) is 15.6. The molecule has 0 radical (unpaired) electrons. The maximum absolute atomic E-state index is 12.8. The maximum Gasteiger partial charge on any atom is 0.332 e. The number of anilines is 3. The maximum atomic E-state index is 12.8. The fraction of sp³-hybridized carbons (Fsp3) is 0.263. The van der Waals surface area contributed by atoms with Crippen LogP contribution in [0.15, 0.2) is 35.8 Å². The van der Waals surface area contributed by atoms with Crippen LogP contribution in [0.1, 0.15) is 25.0 Å². The van der Waals surface area contributed by atoms with Gasteiger partial charge in [0.15, 0.2) is 5.38 Å². The Labute approximate surface area is 162 Å². The second kappa shape index (κ2) is 6.54. The van der Waals surface area contributed by atoms with Gasteiger partial charge in [0.25, 0.3) is 4.83 Å². The lowest BCUT2D eigenvalue weighted by atomic mass is 9.96. The van der Waals surface area contributed by atoms with Crippen molar-refractivity contribution >= 4 is 49.2 Å². The third-order valence-electron chi connectivity index (χ3n) is 5.01. The summed E-state index contributed by atoms with van der Waals surface area (Å²) in [5.74, 6) is 0.444. The molecule has 1 saturated carbocycles. The Morgan fingerprint density at radius 3 is 2.96 bits per heavy atom. The molecule has 1 unspecified atom stereocenters. The zero-order chi connectivity index (χ0) is 19.3. The predicted octanol–water partition coefficient (Wildman–Crippen LogP) is 3.32. The number of carboxylic acid groups (broad SMARTS) is 1. The summed E-state index contributed by atoms with van der Waals surface area (Å²) in [6.45, 7) is 0.391. The number of carbonyl (C=O) groups is 2. The van der Waals surface area contributed by atoms with Crippen LogP contribution in [0.4, 0.5) is 26.8 Å². The van der Waals surface area contributed by atoms with Crippen LogP contribution >= 0.6 is 10.5 Å². The van der Waals surface area contributed by atoms with Gasteiger partial charge >= 0.3 is 11.3 Å². The summed E-state index contributed by atoms with van der Waals surface area (Å²) in [6.07, 6.45) is 5.15. The average molecular weight is 396 g/mol. The highest BCUT2D eigenvalue weighted by Gasteiger charge is 2.34. The van der Waals surface area contributed by atoms with Gasteiger partial charge in [0, 0.05) is 6.20 Å². The van der Waals surface area contributed by atoms with Crippen LogP contribution in [0.25, 0.3) is 10.2 Å². The van der Waals surface area contributed by atoms with Crippen LogP contribution < -0.4 is 15.3 Å². The summed E-state index contributed by atoms with van der Waals surface area (Å²) in [6, 6.07) is 6.71. The van der Waals surface area contributed by atoms with E-state index in [0.29, 0.717) is 40.1 Å². The molecule has 0 aromatic carbocycles. The number of nitrogens with one attached hydrogen (secondary N) is 1. The summed E-state index contributed by atoms with van der Waals surface area (Å²) in [5, 5.41) is 15.1. The number of amides is 2. The normalized spacial score (nSPS) is 16.8. The molecule has 8 nitrogen and oxygen atoms in total. The molecular formula is C19H16N4O4S. The molecule has 142 valence electrons. The van der Waals surface area contributed by atoms with Crippen molar-refractivity contribution in [3.63, 3.8) is 0 Å². The molecule has 1 aliphatic heterocycles. The van der Waals surface area contributed by atoms with Gasteiger partial charge in [-0.3, -0.25) is 0 Å². The summed E-state index contributed by atoms with van der Waals surface area (Å²) in [7, 11) is -1.30. The Balaban J connectivity index is 1.55.